The number of fused-ring (bicyclic) bond motifs is 1. The Morgan fingerprint density at radius 2 is 1.84 bits per heavy atom. The van der Waals surface area contributed by atoms with Crippen LogP contribution < -0.4 is 5.43 Å². The summed E-state index contributed by atoms with van der Waals surface area (Å²) in [6.45, 7) is 1.40. The zero-order valence-corrected chi connectivity index (χ0v) is 17.5. The zero-order valence-electron chi connectivity index (χ0n) is 16.7. The molecule has 2 aromatic carbocycles. The van der Waals surface area contributed by atoms with Crippen molar-refractivity contribution in [3.63, 3.8) is 0 Å². The number of nitrogens with one attached hydrogen (secondary N) is 1. The Bertz CT molecular complexity index is 1040. The van der Waals surface area contributed by atoms with Crippen LogP contribution in [0.15, 0.2) is 47.6 Å². The number of halogens is 2. The molecule has 31 heavy (non-hydrogen) atoms. The molecule has 0 bridgehead atoms. The molecule has 1 saturated heterocycles. The number of carbonyl (C=O) groups is 2. The highest BCUT2D eigenvalue weighted by molar-refractivity contribution is 6.27. The minimum atomic E-state index is -0.880. The van der Waals surface area contributed by atoms with Crippen LogP contribution in [0.3, 0.4) is 0 Å². The monoisotopic (exact) mass is 444 g/mol. The number of rotatable bonds is 4. The Balaban J connectivity index is 1.51. The summed E-state index contributed by atoms with van der Waals surface area (Å²) in [5, 5.41) is 14.3. The van der Waals surface area contributed by atoms with Crippen molar-refractivity contribution in [2.75, 3.05) is 32.1 Å². The van der Waals surface area contributed by atoms with Crippen LogP contribution >= 0.6 is 11.6 Å². The third-order valence-corrected chi connectivity index (χ3v) is 5.78. The van der Waals surface area contributed by atoms with Crippen molar-refractivity contribution in [3.8, 4) is 0 Å². The first-order valence-electron chi connectivity index (χ1n) is 9.99. The van der Waals surface area contributed by atoms with Crippen LogP contribution in [0, 0.1) is 5.82 Å². The summed E-state index contributed by atoms with van der Waals surface area (Å²) >= 11 is 5.59. The quantitative estimate of drug-likeness (QED) is 0.705. The van der Waals surface area contributed by atoms with E-state index in [9.17, 15) is 19.1 Å². The molecule has 0 saturated carbocycles. The van der Waals surface area contributed by atoms with Gasteiger partial charge in [-0.25, -0.2) is 4.39 Å². The highest BCUT2D eigenvalue weighted by atomic mass is 35.5. The molecule has 0 spiro atoms. The van der Waals surface area contributed by atoms with Crippen molar-refractivity contribution in [2.24, 2.45) is 5.10 Å². The van der Waals surface area contributed by atoms with E-state index in [1.807, 2.05) is 24.3 Å². The van der Waals surface area contributed by atoms with Gasteiger partial charge in [0.05, 0.1) is 11.3 Å². The van der Waals surface area contributed by atoms with Gasteiger partial charge in [-0.1, -0.05) is 30.3 Å². The van der Waals surface area contributed by atoms with Gasteiger partial charge in [0.1, 0.15) is 11.7 Å². The average Bonchev–Trinajstić information content (AvgIpc) is 2.81. The molecule has 9 heteroatoms. The Hall–Kier alpha value is -2.97. The first-order valence-corrected chi connectivity index (χ1v) is 10.5. The first kappa shape index (κ1) is 21.3. The minimum absolute atomic E-state index is 0.00712. The lowest BCUT2D eigenvalue weighted by Gasteiger charge is -2.34. The lowest BCUT2D eigenvalue weighted by atomic mass is 9.95. The normalized spacial score (nSPS) is 18.2. The van der Waals surface area contributed by atoms with Gasteiger partial charge in [0.25, 0.3) is 5.91 Å². The molecule has 0 aliphatic carbocycles. The van der Waals surface area contributed by atoms with Crippen molar-refractivity contribution in [2.45, 2.75) is 12.6 Å². The number of amides is 2. The van der Waals surface area contributed by atoms with E-state index in [2.05, 4.69) is 10.5 Å². The lowest BCUT2D eigenvalue weighted by Crippen LogP contribution is -2.51. The average molecular weight is 445 g/mol. The minimum Gasteiger partial charge on any atom is -0.368 e. The number of piperazine rings is 1. The van der Waals surface area contributed by atoms with Crippen LogP contribution in [0.25, 0.3) is 0 Å². The van der Waals surface area contributed by atoms with E-state index >= 15 is 0 Å². The predicted molar refractivity (Wildman–Crippen MR) is 114 cm³/mol. The molecule has 1 unspecified atom stereocenters. The van der Waals surface area contributed by atoms with E-state index in [1.165, 1.54) is 6.07 Å². The van der Waals surface area contributed by atoms with Gasteiger partial charge in [0, 0.05) is 43.7 Å². The van der Waals surface area contributed by atoms with Gasteiger partial charge in [-0.05, 0) is 17.7 Å². The predicted octanol–water partition coefficient (Wildman–Crippen LogP) is 1.89. The van der Waals surface area contributed by atoms with Gasteiger partial charge in [0.2, 0.25) is 5.91 Å². The molecule has 2 aromatic rings. The molecule has 4 rings (SSSR count). The van der Waals surface area contributed by atoms with E-state index in [0.717, 1.165) is 16.7 Å². The molecule has 2 aliphatic heterocycles. The van der Waals surface area contributed by atoms with Crippen molar-refractivity contribution in [1.29, 1.82) is 0 Å². The first-order chi connectivity index (χ1) is 15.0. The molecule has 2 N–H and O–H groups in total. The fraction of sp³-hybridized carbons (Fsp3) is 0.318. The Kier molecular flexibility index (Phi) is 6.20. The zero-order chi connectivity index (χ0) is 22.0. The SMILES string of the molecule is O=C(CCl)N1CCN(C(=O)c2cc(CC3=NNC(O)c4ccccc43)ccc2F)CC1. The number of hydrazone groups is 1. The second-order valence-electron chi connectivity index (χ2n) is 7.47. The molecule has 0 aromatic heterocycles. The van der Waals surface area contributed by atoms with Crippen LogP contribution in [-0.4, -0.2) is 64.5 Å². The summed E-state index contributed by atoms with van der Waals surface area (Å²) in [5.74, 6) is -1.26. The van der Waals surface area contributed by atoms with E-state index in [1.54, 1.807) is 21.9 Å². The van der Waals surface area contributed by atoms with E-state index < -0.39 is 18.0 Å². The summed E-state index contributed by atoms with van der Waals surface area (Å²) in [6.07, 6.45) is -0.510. The van der Waals surface area contributed by atoms with E-state index in [4.69, 9.17) is 11.6 Å². The highest BCUT2D eigenvalue weighted by Crippen LogP contribution is 2.23. The number of alkyl halides is 1. The Morgan fingerprint density at radius 3 is 2.58 bits per heavy atom. The summed E-state index contributed by atoms with van der Waals surface area (Å²) in [7, 11) is 0. The van der Waals surface area contributed by atoms with Crippen LogP contribution in [0.4, 0.5) is 4.39 Å². The van der Waals surface area contributed by atoms with Crippen molar-refractivity contribution in [3.05, 3.63) is 70.5 Å². The van der Waals surface area contributed by atoms with Gasteiger partial charge in [-0.3, -0.25) is 15.0 Å². The number of hydrogen-bond donors (Lipinski definition) is 2. The summed E-state index contributed by atoms with van der Waals surface area (Å²) in [4.78, 5) is 27.8. The van der Waals surface area contributed by atoms with Crippen LogP contribution in [0.5, 0.6) is 0 Å². The summed E-state index contributed by atoms with van der Waals surface area (Å²) < 4.78 is 14.5. The summed E-state index contributed by atoms with van der Waals surface area (Å²) in [5.41, 5.74) is 5.62. The maximum atomic E-state index is 14.5. The second-order valence-corrected chi connectivity index (χ2v) is 7.74. The van der Waals surface area contributed by atoms with Gasteiger partial charge in [-0.15, -0.1) is 11.6 Å². The number of hydrogen-bond acceptors (Lipinski definition) is 5. The molecule has 2 amide bonds. The third-order valence-electron chi connectivity index (χ3n) is 5.55. The van der Waals surface area contributed by atoms with Crippen LogP contribution in [0.1, 0.15) is 33.3 Å². The smallest absolute Gasteiger partial charge is 0.256 e. The van der Waals surface area contributed by atoms with Gasteiger partial charge < -0.3 is 14.9 Å². The Labute approximate surface area is 184 Å². The maximum absolute atomic E-state index is 14.5. The van der Waals surface area contributed by atoms with Crippen molar-refractivity contribution >= 4 is 29.1 Å². The number of nitrogens with zero attached hydrogens (tertiary/aromatic N) is 3. The van der Waals surface area contributed by atoms with Gasteiger partial charge in [0.15, 0.2) is 6.23 Å². The fourth-order valence-electron chi connectivity index (χ4n) is 3.86. The number of benzene rings is 2. The fourth-order valence-corrected chi connectivity index (χ4v) is 4.02. The van der Waals surface area contributed by atoms with Gasteiger partial charge >= 0.3 is 0 Å². The molecule has 1 fully saturated rings. The molecule has 0 radical (unpaired) electrons. The summed E-state index contributed by atoms with van der Waals surface area (Å²) in [6, 6.07) is 11.8. The maximum Gasteiger partial charge on any atom is 0.256 e. The topological polar surface area (TPSA) is 85.2 Å². The largest absolute Gasteiger partial charge is 0.368 e. The standard InChI is InChI=1S/C22H22ClFN4O3/c23-13-20(29)27-7-9-28(10-8-27)22(31)17-11-14(5-6-18(17)24)12-19-15-3-1-2-4-16(15)21(30)26-25-19/h1-6,11,21,26,30H,7-10,12-13H2. The number of aliphatic hydroxyl groups excluding tert-OH is 1. The second kappa shape index (κ2) is 9.03. The lowest BCUT2D eigenvalue weighted by molar-refractivity contribution is -0.129. The third kappa shape index (κ3) is 4.40. The molecular formula is C22H22ClFN4O3. The van der Waals surface area contributed by atoms with E-state index in [0.29, 0.717) is 38.3 Å². The van der Waals surface area contributed by atoms with Gasteiger partial charge in [-0.2, -0.15) is 5.10 Å². The van der Waals surface area contributed by atoms with Crippen LogP contribution in [-0.2, 0) is 11.2 Å². The number of carbonyl (C=O) groups excluding carboxylic acids is 2. The van der Waals surface area contributed by atoms with Crippen LogP contribution in [0.2, 0.25) is 0 Å². The number of aliphatic hydroxyl groups is 1. The van der Waals surface area contributed by atoms with E-state index in [-0.39, 0.29) is 17.4 Å². The highest BCUT2D eigenvalue weighted by Gasteiger charge is 2.27. The molecule has 1 atom stereocenters. The van der Waals surface area contributed by atoms with Crippen molar-refractivity contribution in [1.82, 2.24) is 15.2 Å². The molecular weight excluding hydrogens is 423 g/mol. The Morgan fingerprint density at radius 1 is 1.13 bits per heavy atom. The molecule has 162 valence electrons. The van der Waals surface area contributed by atoms with Crippen molar-refractivity contribution < 1.29 is 19.1 Å². The molecule has 7 nitrogen and oxygen atoms in total. The molecule has 2 heterocycles. The molecule has 2 aliphatic rings.